The number of hydrogen-bond donors (Lipinski definition) is 2. The van der Waals surface area contributed by atoms with Crippen LogP contribution < -0.4 is 10.1 Å². The van der Waals surface area contributed by atoms with Gasteiger partial charge in [0, 0.05) is 18.7 Å². The van der Waals surface area contributed by atoms with Crippen molar-refractivity contribution in [3.8, 4) is 17.0 Å². The lowest BCUT2D eigenvalue weighted by Gasteiger charge is -2.34. The normalized spacial score (nSPS) is 21.3. The second-order valence-corrected chi connectivity index (χ2v) is 10.3. The highest BCUT2D eigenvalue weighted by Crippen LogP contribution is 2.40. The fourth-order valence-corrected chi connectivity index (χ4v) is 4.77. The number of ether oxygens (including phenoxy) is 1. The Bertz CT molecular complexity index is 1140. The van der Waals surface area contributed by atoms with E-state index in [0.29, 0.717) is 18.8 Å². The van der Waals surface area contributed by atoms with E-state index in [2.05, 4.69) is 22.1 Å². The van der Waals surface area contributed by atoms with Crippen molar-refractivity contribution < 1.29 is 41.0 Å². The lowest BCUT2D eigenvalue weighted by molar-refractivity contribution is -0.274. The summed E-state index contributed by atoms with van der Waals surface area (Å²) >= 11 is 6.45. The van der Waals surface area contributed by atoms with Crippen LogP contribution in [0.2, 0.25) is 5.02 Å². The van der Waals surface area contributed by atoms with Crippen LogP contribution in [0.1, 0.15) is 62.5 Å². The van der Waals surface area contributed by atoms with Crippen LogP contribution in [-0.2, 0) is 13.0 Å². The molecule has 0 spiro atoms. The quantitative estimate of drug-likeness (QED) is 0.354. The first kappa shape index (κ1) is 30.1. The molecule has 1 unspecified atom stereocenters. The van der Waals surface area contributed by atoms with Crippen LogP contribution in [-0.4, -0.2) is 45.5 Å². The Hall–Kier alpha value is -2.47. The van der Waals surface area contributed by atoms with Gasteiger partial charge < -0.3 is 15.2 Å². The van der Waals surface area contributed by atoms with Crippen LogP contribution in [0.25, 0.3) is 11.3 Å². The van der Waals surface area contributed by atoms with E-state index >= 15 is 0 Å². The SMILES string of the molecule is CCn1nc(C(=O)NCC2(O)CCC(C)CC2)c(Cl)c1-c1ccc(CC(C)C(F)(F)F)cc1OC(F)(F)F. The van der Waals surface area contributed by atoms with Crippen LogP contribution >= 0.6 is 11.6 Å². The second kappa shape index (κ2) is 11.3. The summed E-state index contributed by atoms with van der Waals surface area (Å²) in [5.41, 5.74) is -1.61. The molecule has 6 nitrogen and oxygen atoms in total. The molecular formula is C25H30ClF6N3O3. The van der Waals surface area contributed by atoms with Gasteiger partial charge in [-0.05, 0) is 62.6 Å². The van der Waals surface area contributed by atoms with E-state index < -0.39 is 42.1 Å². The van der Waals surface area contributed by atoms with Crippen molar-refractivity contribution in [1.82, 2.24) is 15.1 Å². The van der Waals surface area contributed by atoms with Crippen LogP contribution in [0.4, 0.5) is 26.3 Å². The van der Waals surface area contributed by atoms with Crippen molar-refractivity contribution in [3.63, 3.8) is 0 Å². The molecule has 0 radical (unpaired) electrons. The van der Waals surface area contributed by atoms with Gasteiger partial charge in [0.15, 0.2) is 5.69 Å². The molecule has 0 bridgehead atoms. The summed E-state index contributed by atoms with van der Waals surface area (Å²) in [6.45, 7) is 4.71. The first-order chi connectivity index (χ1) is 17.5. The first-order valence-corrected chi connectivity index (χ1v) is 12.6. The maximum atomic E-state index is 13.2. The molecule has 1 saturated carbocycles. The third-order valence-electron chi connectivity index (χ3n) is 6.82. The molecule has 1 aromatic heterocycles. The zero-order valence-corrected chi connectivity index (χ0v) is 21.9. The fourth-order valence-electron chi connectivity index (χ4n) is 4.44. The summed E-state index contributed by atoms with van der Waals surface area (Å²) in [7, 11) is 0. The number of carbonyl (C=O) groups excluding carboxylic acids is 1. The maximum Gasteiger partial charge on any atom is 0.573 e. The average molecular weight is 570 g/mol. The number of nitrogens with one attached hydrogen (secondary N) is 1. The Kier molecular flexibility index (Phi) is 8.97. The second-order valence-electron chi connectivity index (χ2n) is 9.94. The molecule has 1 aliphatic rings. The minimum Gasteiger partial charge on any atom is -0.405 e. The Balaban J connectivity index is 1.94. The van der Waals surface area contributed by atoms with Crippen molar-refractivity contribution in [3.05, 3.63) is 34.5 Å². The molecule has 1 amide bonds. The molecule has 2 N–H and O–H groups in total. The molecule has 1 aliphatic carbocycles. The molecular weight excluding hydrogens is 540 g/mol. The number of aromatic nitrogens is 2. The minimum absolute atomic E-state index is 0.0236. The lowest BCUT2D eigenvalue weighted by atomic mass is 9.79. The molecule has 13 heteroatoms. The Morgan fingerprint density at radius 3 is 2.45 bits per heavy atom. The monoisotopic (exact) mass is 569 g/mol. The molecule has 1 heterocycles. The van der Waals surface area contributed by atoms with Gasteiger partial charge in [0.05, 0.1) is 22.2 Å². The summed E-state index contributed by atoms with van der Waals surface area (Å²) in [5.74, 6) is -2.81. The van der Waals surface area contributed by atoms with Crippen molar-refractivity contribution in [2.24, 2.45) is 11.8 Å². The molecule has 1 aromatic carbocycles. The van der Waals surface area contributed by atoms with Gasteiger partial charge in [-0.1, -0.05) is 31.5 Å². The summed E-state index contributed by atoms with van der Waals surface area (Å²) in [6.07, 6.45) is -7.60. The summed E-state index contributed by atoms with van der Waals surface area (Å²) < 4.78 is 84.1. The molecule has 1 atom stereocenters. The first-order valence-electron chi connectivity index (χ1n) is 12.3. The molecule has 38 heavy (non-hydrogen) atoms. The number of aryl methyl sites for hydroxylation is 1. The molecule has 3 rings (SSSR count). The Morgan fingerprint density at radius 1 is 1.26 bits per heavy atom. The van der Waals surface area contributed by atoms with Gasteiger partial charge in [-0.25, -0.2) is 0 Å². The third-order valence-corrected chi connectivity index (χ3v) is 7.18. The van der Waals surface area contributed by atoms with Crippen molar-refractivity contribution in [2.45, 2.75) is 77.6 Å². The number of hydrogen-bond acceptors (Lipinski definition) is 4. The van der Waals surface area contributed by atoms with Gasteiger partial charge in [0.2, 0.25) is 0 Å². The predicted octanol–water partition coefficient (Wildman–Crippen LogP) is 6.53. The van der Waals surface area contributed by atoms with E-state index in [1.165, 1.54) is 16.8 Å². The topological polar surface area (TPSA) is 76.4 Å². The van der Waals surface area contributed by atoms with Gasteiger partial charge in [-0.3, -0.25) is 9.48 Å². The lowest BCUT2D eigenvalue weighted by Crippen LogP contribution is -2.45. The number of alkyl halides is 6. The number of rotatable bonds is 8. The smallest absolute Gasteiger partial charge is 0.405 e. The van der Waals surface area contributed by atoms with E-state index in [-0.39, 0.29) is 40.6 Å². The molecule has 1 fully saturated rings. The summed E-state index contributed by atoms with van der Waals surface area (Å²) in [5, 5.41) is 17.3. The van der Waals surface area contributed by atoms with Crippen molar-refractivity contribution in [1.29, 1.82) is 0 Å². The third kappa shape index (κ3) is 7.34. The van der Waals surface area contributed by atoms with Gasteiger partial charge >= 0.3 is 12.5 Å². The molecule has 0 aliphatic heterocycles. The zero-order chi connectivity index (χ0) is 28.5. The number of carbonyl (C=O) groups is 1. The van der Waals surface area contributed by atoms with Gasteiger partial charge in [-0.15, -0.1) is 13.2 Å². The number of nitrogens with zero attached hydrogens (tertiary/aromatic N) is 2. The highest BCUT2D eigenvalue weighted by molar-refractivity contribution is 6.36. The summed E-state index contributed by atoms with van der Waals surface area (Å²) in [6, 6.07) is 3.30. The average Bonchev–Trinajstić information content (AvgIpc) is 3.14. The molecule has 212 valence electrons. The highest BCUT2D eigenvalue weighted by atomic mass is 35.5. The van der Waals surface area contributed by atoms with E-state index in [9.17, 15) is 36.2 Å². The van der Waals surface area contributed by atoms with Crippen LogP contribution in [0.3, 0.4) is 0 Å². The van der Waals surface area contributed by atoms with Crippen molar-refractivity contribution in [2.75, 3.05) is 6.54 Å². The number of benzene rings is 1. The van der Waals surface area contributed by atoms with Gasteiger partial charge in [0.25, 0.3) is 5.91 Å². The number of aliphatic hydroxyl groups is 1. The standard InChI is InChI=1S/C25H30ClF6N3O3/c1-4-35-21(19(26)20(34-35)22(36)33-13-23(37)9-7-14(2)8-10-23)17-6-5-16(11-15(3)24(27,28)29)12-18(17)38-25(30,31)32/h5-6,12,14-15,37H,4,7-11,13H2,1-3H3,(H,33,36). The zero-order valence-electron chi connectivity index (χ0n) is 21.1. The van der Waals surface area contributed by atoms with Gasteiger partial charge in [-0.2, -0.15) is 18.3 Å². The fraction of sp³-hybridized carbons (Fsp3) is 0.600. The van der Waals surface area contributed by atoms with Crippen LogP contribution in [0, 0.1) is 11.8 Å². The summed E-state index contributed by atoms with van der Waals surface area (Å²) in [4.78, 5) is 12.9. The van der Waals surface area contributed by atoms with Crippen LogP contribution in [0.5, 0.6) is 5.75 Å². The number of halogens is 7. The largest absolute Gasteiger partial charge is 0.573 e. The predicted molar refractivity (Wildman–Crippen MR) is 129 cm³/mol. The van der Waals surface area contributed by atoms with E-state index in [1.807, 2.05) is 0 Å². The Morgan fingerprint density at radius 2 is 1.89 bits per heavy atom. The highest BCUT2D eigenvalue weighted by Gasteiger charge is 2.37. The van der Waals surface area contributed by atoms with E-state index in [1.54, 1.807) is 6.92 Å². The molecule has 0 saturated heterocycles. The van der Waals surface area contributed by atoms with Gasteiger partial charge in [0.1, 0.15) is 5.75 Å². The minimum atomic E-state index is -5.14. The molecule has 2 aromatic rings. The maximum absolute atomic E-state index is 13.2. The van der Waals surface area contributed by atoms with Crippen LogP contribution in [0.15, 0.2) is 18.2 Å². The number of amides is 1. The Labute approximate surface area is 221 Å². The van der Waals surface area contributed by atoms with E-state index in [0.717, 1.165) is 25.8 Å². The van der Waals surface area contributed by atoms with E-state index in [4.69, 9.17) is 11.6 Å². The van der Waals surface area contributed by atoms with Crippen molar-refractivity contribution >= 4 is 17.5 Å².